The van der Waals surface area contributed by atoms with Gasteiger partial charge in [-0.1, -0.05) is 78.3 Å². The molecule has 0 amide bonds. The maximum Gasteiger partial charge on any atom is 0.344 e. The summed E-state index contributed by atoms with van der Waals surface area (Å²) in [7, 11) is 0. The summed E-state index contributed by atoms with van der Waals surface area (Å²) in [5.74, 6) is 0.0621. The van der Waals surface area contributed by atoms with E-state index in [1.165, 1.54) is 0 Å². The molecule has 0 unspecified atom stereocenters. The Kier molecular flexibility index (Phi) is 3.34. The van der Waals surface area contributed by atoms with Gasteiger partial charge in [-0.2, -0.15) is 0 Å². The summed E-state index contributed by atoms with van der Waals surface area (Å²) >= 11 is 6.87. The Balaban J connectivity index is 1.91. The van der Waals surface area contributed by atoms with Crippen molar-refractivity contribution in [1.82, 2.24) is 0 Å². The highest BCUT2D eigenvalue weighted by molar-refractivity contribution is 6.55. The van der Waals surface area contributed by atoms with Gasteiger partial charge in [0.2, 0.25) is 0 Å². The smallest absolute Gasteiger partial charge is 0.344 e. The second-order valence-electron chi connectivity index (χ2n) is 6.27. The van der Waals surface area contributed by atoms with Gasteiger partial charge >= 0.3 is 5.97 Å². The van der Waals surface area contributed by atoms with Crippen LogP contribution in [0.1, 0.15) is 21.5 Å². The first-order valence-corrected chi connectivity index (χ1v) is 8.74. The minimum absolute atomic E-state index is 0.363. The monoisotopic (exact) mass is 356 g/mol. The minimum Gasteiger partial charge on any atom is -0.421 e. The SMILES string of the molecule is O=C1O/C(=C(\Cl)c2c3ccccc3cc3ccccc23)c2ccccc21. The highest BCUT2D eigenvalue weighted by Gasteiger charge is 2.29. The summed E-state index contributed by atoms with van der Waals surface area (Å²) in [4.78, 5) is 12.2. The molecule has 0 N–H and O–H groups in total. The first kappa shape index (κ1) is 15.2. The lowest BCUT2D eigenvalue weighted by Crippen LogP contribution is -1.93. The van der Waals surface area contributed by atoms with Crippen LogP contribution in [0.15, 0.2) is 78.9 Å². The number of rotatable bonds is 1. The van der Waals surface area contributed by atoms with E-state index in [2.05, 4.69) is 18.2 Å². The van der Waals surface area contributed by atoms with Crippen molar-refractivity contribution in [3.05, 3.63) is 95.6 Å². The number of fused-ring (bicyclic) bond motifs is 3. The first-order valence-electron chi connectivity index (χ1n) is 8.36. The van der Waals surface area contributed by atoms with Crippen LogP contribution in [0.2, 0.25) is 0 Å². The molecule has 5 rings (SSSR count). The van der Waals surface area contributed by atoms with Gasteiger partial charge in [0, 0.05) is 11.1 Å². The maximum absolute atomic E-state index is 12.2. The summed E-state index contributed by atoms with van der Waals surface area (Å²) < 4.78 is 5.55. The second kappa shape index (κ2) is 5.72. The zero-order valence-electron chi connectivity index (χ0n) is 13.7. The van der Waals surface area contributed by atoms with Crippen LogP contribution in [0.4, 0.5) is 0 Å². The number of halogens is 1. The molecular weight excluding hydrogens is 344 g/mol. The number of carbonyl (C=O) groups excluding carboxylic acids is 1. The van der Waals surface area contributed by atoms with Gasteiger partial charge in [0.15, 0.2) is 5.76 Å². The lowest BCUT2D eigenvalue weighted by Gasteiger charge is -2.12. The van der Waals surface area contributed by atoms with Crippen molar-refractivity contribution in [2.24, 2.45) is 0 Å². The number of carbonyl (C=O) groups is 1. The van der Waals surface area contributed by atoms with Crippen LogP contribution in [0, 0.1) is 0 Å². The van der Waals surface area contributed by atoms with Crippen LogP contribution >= 0.6 is 11.6 Å². The minimum atomic E-state index is -0.363. The highest BCUT2D eigenvalue weighted by atomic mass is 35.5. The van der Waals surface area contributed by atoms with E-state index in [4.69, 9.17) is 16.3 Å². The van der Waals surface area contributed by atoms with Gasteiger partial charge in [0.25, 0.3) is 0 Å². The van der Waals surface area contributed by atoms with Crippen molar-refractivity contribution < 1.29 is 9.53 Å². The molecule has 1 aliphatic rings. The van der Waals surface area contributed by atoms with Gasteiger partial charge in [0.05, 0.1) is 10.6 Å². The van der Waals surface area contributed by atoms with Crippen LogP contribution in [-0.4, -0.2) is 5.97 Å². The summed E-state index contributed by atoms with van der Waals surface area (Å²) in [5.41, 5.74) is 2.17. The Morgan fingerprint density at radius 1 is 0.731 bits per heavy atom. The molecule has 0 atom stereocenters. The van der Waals surface area contributed by atoms with Gasteiger partial charge in [-0.3, -0.25) is 0 Å². The van der Waals surface area contributed by atoms with E-state index >= 15 is 0 Å². The quantitative estimate of drug-likeness (QED) is 0.298. The van der Waals surface area contributed by atoms with Gasteiger partial charge in [0.1, 0.15) is 0 Å². The predicted molar refractivity (Wildman–Crippen MR) is 106 cm³/mol. The fourth-order valence-electron chi connectivity index (χ4n) is 3.59. The third-order valence-corrected chi connectivity index (χ3v) is 5.14. The fraction of sp³-hybridized carbons (Fsp3) is 0. The lowest BCUT2D eigenvalue weighted by molar-refractivity contribution is 0.0717. The van der Waals surface area contributed by atoms with Crippen LogP contribution < -0.4 is 0 Å². The topological polar surface area (TPSA) is 26.3 Å². The molecule has 0 bridgehead atoms. The Morgan fingerprint density at radius 2 is 1.27 bits per heavy atom. The van der Waals surface area contributed by atoms with Crippen molar-refractivity contribution in [2.45, 2.75) is 0 Å². The molecule has 0 saturated carbocycles. The standard InChI is InChI=1S/C23H13ClO2/c24-21(22-18-11-5-6-12-19(18)23(25)26-22)20-16-9-3-1-7-14(16)13-15-8-2-4-10-17(15)20/h1-13H/b22-21-. The summed E-state index contributed by atoms with van der Waals surface area (Å²) in [6.07, 6.45) is 0. The van der Waals surface area contributed by atoms with Gasteiger partial charge in [-0.15, -0.1) is 0 Å². The first-order chi connectivity index (χ1) is 12.7. The molecule has 26 heavy (non-hydrogen) atoms. The number of hydrogen-bond acceptors (Lipinski definition) is 2. The Bertz CT molecular complexity index is 1180. The van der Waals surface area contributed by atoms with E-state index in [-0.39, 0.29) is 5.97 Å². The molecular formula is C23H13ClO2. The zero-order valence-corrected chi connectivity index (χ0v) is 14.5. The van der Waals surface area contributed by atoms with Gasteiger partial charge < -0.3 is 4.74 Å². The molecule has 0 aliphatic carbocycles. The predicted octanol–water partition coefficient (Wildman–Crippen LogP) is 6.23. The molecule has 2 nitrogen and oxygen atoms in total. The van der Waals surface area contributed by atoms with Crippen molar-refractivity contribution in [3.63, 3.8) is 0 Å². The van der Waals surface area contributed by atoms with Crippen LogP contribution in [0.3, 0.4) is 0 Å². The number of ether oxygens (including phenoxy) is 1. The van der Waals surface area contributed by atoms with Crippen molar-refractivity contribution >= 4 is 49.9 Å². The zero-order chi connectivity index (χ0) is 17.7. The van der Waals surface area contributed by atoms with Crippen molar-refractivity contribution in [3.8, 4) is 0 Å². The number of esters is 1. The Hall–Kier alpha value is -3.10. The van der Waals surface area contributed by atoms with Crippen molar-refractivity contribution in [2.75, 3.05) is 0 Å². The largest absolute Gasteiger partial charge is 0.421 e. The summed E-state index contributed by atoms with van der Waals surface area (Å²) in [6.45, 7) is 0. The molecule has 1 heterocycles. The molecule has 3 heteroatoms. The van der Waals surface area contributed by atoms with E-state index in [9.17, 15) is 4.79 Å². The van der Waals surface area contributed by atoms with E-state index < -0.39 is 0 Å². The molecule has 0 aromatic heterocycles. The average molecular weight is 357 g/mol. The van der Waals surface area contributed by atoms with E-state index in [0.717, 1.165) is 32.7 Å². The molecule has 0 spiro atoms. The van der Waals surface area contributed by atoms with Crippen molar-refractivity contribution in [1.29, 1.82) is 0 Å². The lowest BCUT2D eigenvalue weighted by atomic mass is 9.95. The fourth-order valence-corrected chi connectivity index (χ4v) is 3.93. The Labute approximate surface area is 155 Å². The highest BCUT2D eigenvalue weighted by Crippen LogP contribution is 2.42. The van der Waals surface area contributed by atoms with E-state index in [1.807, 2.05) is 54.6 Å². The van der Waals surface area contributed by atoms with Crippen LogP contribution in [0.5, 0.6) is 0 Å². The molecule has 0 radical (unpaired) electrons. The molecule has 0 saturated heterocycles. The third-order valence-electron chi connectivity index (χ3n) is 4.78. The number of cyclic esters (lactones) is 1. The molecule has 1 aliphatic heterocycles. The van der Waals surface area contributed by atoms with Crippen LogP contribution in [0.25, 0.3) is 32.3 Å². The van der Waals surface area contributed by atoms with Crippen LogP contribution in [-0.2, 0) is 4.74 Å². The Morgan fingerprint density at radius 3 is 1.92 bits per heavy atom. The van der Waals surface area contributed by atoms with E-state index in [1.54, 1.807) is 6.07 Å². The maximum atomic E-state index is 12.2. The summed E-state index contributed by atoms with van der Waals surface area (Å²) in [5, 5.41) is 4.71. The summed E-state index contributed by atoms with van der Waals surface area (Å²) in [6, 6.07) is 25.7. The van der Waals surface area contributed by atoms with E-state index in [0.29, 0.717) is 16.4 Å². The number of benzene rings is 4. The van der Waals surface area contributed by atoms with Gasteiger partial charge in [-0.05, 0) is 33.7 Å². The second-order valence-corrected chi connectivity index (χ2v) is 6.65. The molecule has 124 valence electrons. The normalized spacial score (nSPS) is 15.2. The molecule has 4 aromatic carbocycles. The third kappa shape index (κ3) is 2.16. The number of hydrogen-bond donors (Lipinski definition) is 0. The molecule has 4 aromatic rings. The van der Waals surface area contributed by atoms with Gasteiger partial charge in [-0.25, -0.2) is 4.79 Å². The average Bonchev–Trinajstić information content (AvgIpc) is 3.02. The molecule has 0 fully saturated rings.